The highest BCUT2D eigenvalue weighted by Gasteiger charge is 2.41. The van der Waals surface area contributed by atoms with Crippen LogP contribution in [0.5, 0.6) is 0 Å². The van der Waals surface area contributed by atoms with Crippen molar-refractivity contribution in [3.63, 3.8) is 0 Å². The lowest BCUT2D eigenvalue weighted by Crippen LogP contribution is -2.49. The molecule has 2 aromatic carbocycles. The van der Waals surface area contributed by atoms with E-state index in [1.807, 2.05) is 0 Å². The summed E-state index contributed by atoms with van der Waals surface area (Å²) in [4.78, 5) is 13.2. The second-order valence-corrected chi connectivity index (χ2v) is 11.0. The van der Waals surface area contributed by atoms with Gasteiger partial charge in [0.25, 0.3) is 0 Å². The average molecular weight is 490 g/mol. The third kappa shape index (κ3) is 4.20. The molecule has 1 saturated heterocycles. The molecule has 3 unspecified atom stereocenters. The zero-order valence-corrected chi connectivity index (χ0v) is 19.2. The Morgan fingerprint density at radius 3 is 2.29 bits per heavy atom. The molecule has 3 aliphatic rings. The van der Waals surface area contributed by atoms with Gasteiger partial charge in [-0.1, -0.05) is 12.1 Å². The molecule has 0 amide bonds. The summed E-state index contributed by atoms with van der Waals surface area (Å²) in [5.41, 5.74) is 9.00. The van der Waals surface area contributed by atoms with Gasteiger partial charge in [0.2, 0.25) is 10.0 Å². The number of nitrogens with two attached hydrogens (primary N) is 1. The predicted molar refractivity (Wildman–Crippen MR) is 121 cm³/mol. The molecule has 5 rings (SSSR count). The molecule has 0 saturated carbocycles. The first-order valence-electron chi connectivity index (χ1n) is 11.1. The first-order chi connectivity index (χ1) is 16.3. The molecular weight excluding hydrogens is 464 g/mol. The summed E-state index contributed by atoms with van der Waals surface area (Å²) in [7, 11) is -3.66. The van der Waals surface area contributed by atoms with Crippen LogP contribution in [0.1, 0.15) is 28.4 Å². The Labute approximate surface area is 196 Å². The third-order valence-corrected chi connectivity index (χ3v) is 8.66. The Morgan fingerprint density at radius 1 is 1.00 bits per heavy atom. The molecule has 3 aliphatic heterocycles. The van der Waals surface area contributed by atoms with Gasteiger partial charge in [0.05, 0.1) is 11.5 Å². The molecule has 0 aliphatic carbocycles. The first-order valence-corrected chi connectivity index (χ1v) is 12.5. The monoisotopic (exact) mass is 489 g/mol. The number of nitrogens with zero attached hydrogens (tertiary/aromatic N) is 2. The van der Waals surface area contributed by atoms with Crippen molar-refractivity contribution in [1.29, 1.82) is 0 Å². The zero-order valence-electron chi connectivity index (χ0n) is 18.4. The van der Waals surface area contributed by atoms with Gasteiger partial charge in [0, 0.05) is 49.4 Å². The van der Waals surface area contributed by atoms with Crippen molar-refractivity contribution in [2.45, 2.75) is 29.5 Å². The lowest BCUT2D eigenvalue weighted by Gasteiger charge is -2.39. The van der Waals surface area contributed by atoms with E-state index in [9.17, 15) is 22.0 Å². The third-order valence-electron chi connectivity index (χ3n) is 6.86. The highest BCUT2D eigenvalue weighted by atomic mass is 32.2. The second-order valence-electron chi connectivity index (χ2n) is 9.05. The van der Waals surface area contributed by atoms with E-state index >= 15 is 0 Å². The topological polar surface area (TPSA) is 92.9 Å². The van der Waals surface area contributed by atoms with Crippen LogP contribution in [0.15, 0.2) is 58.5 Å². The molecule has 0 spiro atoms. The number of rotatable bonds is 5. The van der Waals surface area contributed by atoms with Gasteiger partial charge in [-0.05, 0) is 47.9 Å². The normalized spacial score (nSPS) is 26.1. The maximum atomic E-state index is 14.2. The quantitative estimate of drug-likeness (QED) is 0.512. The summed E-state index contributed by atoms with van der Waals surface area (Å²) in [6.45, 7) is 2.21. The Kier molecular flexibility index (Phi) is 6.11. The molecule has 180 valence electrons. The SMILES string of the molecule is NC1CC(N2CC3=C(C2)CN(S(=O)(=O)c2ccc(C=O)cc2)C3)COC1c1cc(F)ccc1F. The van der Waals surface area contributed by atoms with Crippen LogP contribution in [-0.4, -0.2) is 68.8 Å². The van der Waals surface area contributed by atoms with Crippen LogP contribution >= 0.6 is 0 Å². The van der Waals surface area contributed by atoms with Crippen LogP contribution in [-0.2, 0) is 14.8 Å². The van der Waals surface area contributed by atoms with E-state index in [1.165, 1.54) is 28.6 Å². The van der Waals surface area contributed by atoms with Crippen molar-refractivity contribution in [3.8, 4) is 0 Å². The van der Waals surface area contributed by atoms with E-state index in [0.29, 0.717) is 51.1 Å². The Hall–Kier alpha value is -2.50. The van der Waals surface area contributed by atoms with Crippen molar-refractivity contribution in [2.75, 3.05) is 32.8 Å². The maximum Gasteiger partial charge on any atom is 0.243 e. The fourth-order valence-electron chi connectivity index (χ4n) is 5.02. The van der Waals surface area contributed by atoms with Crippen molar-refractivity contribution >= 4 is 16.3 Å². The molecule has 2 N–H and O–H groups in total. The minimum absolute atomic E-state index is 0.00872. The summed E-state index contributed by atoms with van der Waals surface area (Å²) in [5.74, 6) is -1.07. The number of carbonyl (C=O) groups is 1. The number of aldehydes is 1. The summed E-state index contributed by atoms with van der Waals surface area (Å²) in [6.07, 6.45) is 0.529. The summed E-state index contributed by atoms with van der Waals surface area (Å²) in [5, 5.41) is 0. The lowest BCUT2D eigenvalue weighted by atomic mass is 9.93. The minimum Gasteiger partial charge on any atom is -0.370 e. The number of benzene rings is 2. The van der Waals surface area contributed by atoms with E-state index < -0.39 is 33.8 Å². The molecule has 0 radical (unpaired) electrons. The van der Waals surface area contributed by atoms with Crippen LogP contribution in [0.3, 0.4) is 0 Å². The number of sulfonamides is 1. The zero-order chi connectivity index (χ0) is 24.0. The van der Waals surface area contributed by atoms with Crippen LogP contribution in [0.4, 0.5) is 8.78 Å². The fourth-order valence-corrected chi connectivity index (χ4v) is 6.45. The smallest absolute Gasteiger partial charge is 0.243 e. The van der Waals surface area contributed by atoms with Gasteiger partial charge in [-0.3, -0.25) is 9.69 Å². The number of carbonyl (C=O) groups excluding carboxylic acids is 1. The van der Waals surface area contributed by atoms with Gasteiger partial charge < -0.3 is 10.5 Å². The summed E-state index contributed by atoms with van der Waals surface area (Å²) in [6, 6.07) is 8.69. The first kappa shape index (κ1) is 23.3. The van der Waals surface area contributed by atoms with Gasteiger partial charge in [0.1, 0.15) is 24.0 Å². The molecule has 0 aromatic heterocycles. The van der Waals surface area contributed by atoms with Crippen molar-refractivity contribution < 1.29 is 26.7 Å². The van der Waals surface area contributed by atoms with Crippen molar-refractivity contribution in [3.05, 3.63) is 76.4 Å². The van der Waals surface area contributed by atoms with Gasteiger partial charge in [-0.15, -0.1) is 0 Å². The van der Waals surface area contributed by atoms with Crippen LogP contribution in [0.25, 0.3) is 0 Å². The van der Waals surface area contributed by atoms with Crippen LogP contribution < -0.4 is 5.73 Å². The summed E-state index contributed by atoms with van der Waals surface area (Å²) < 4.78 is 61.2. The molecule has 34 heavy (non-hydrogen) atoms. The van der Waals surface area contributed by atoms with Crippen LogP contribution in [0.2, 0.25) is 0 Å². The number of hydrogen-bond acceptors (Lipinski definition) is 6. The molecule has 7 nitrogen and oxygen atoms in total. The molecule has 2 aromatic rings. The highest BCUT2D eigenvalue weighted by Crippen LogP contribution is 2.35. The molecule has 10 heteroatoms. The second kappa shape index (κ2) is 8.94. The van der Waals surface area contributed by atoms with Crippen molar-refractivity contribution in [2.24, 2.45) is 5.73 Å². The van der Waals surface area contributed by atoms with Gasteiger partial charge in [-0.2, -0.15) is 4.31 Å². The van der Waals surface area contributed by atoms with Crippen molar-refractivity contribution in [1.82, 2.24) is 9.21 Å². The van der Waals surface area contributed by atoms with E-state index in [0.717, 1.165) is 29.3 Å². The number of ether oxygens (including phenoxy) is 1. The van der Waals surface area contributed by atoms with E-state index in [1.54, 1.807) is 0 Å². The number of halogens is 2. The highest BCUT2D eigenvalue weighted by molar-refractivity contribution is 7.89. The average Bonchev–Trinajstić information content (AvgIpc) is 3.41. The largest absolute Gasteiger partial charge is 0.370 e. The molecule has 1 fully saturated rings. The molecule has 3 heterocycles. The predicted octanol–water partition coefficient (Wildman–Crippen LogP) is 2.25. The Balaban J connectivity index is 1.20. The minimum atomic E-state index is -3.66. The van der Waals surface area contributed by atoms with E-state index in [-0.39, 0.29) is 16.5 Å². The lowest BCUT2D eigenvalue weighted by molar-refractivity contribution is -0.0467. The van der Waals surface area contributed by atoms with E-state index in [2.05, 4.69) is 4.90 Å². The summed E-state index contributed by atoms with van der Waals surface area (Å²) >= 11 is 0. The molecule has 0 bridgehead atoms. The standard InChI is InChI=1S/C24H25F2N3O4S/c25-18-3-6-22(26)21(7-18)24-23(27)8-19(14-33-24)28-9-16-11-29(12-17(16)10-28)34(31,32)20-4-1-15(13-30)2-5-20/h1-7,13,19,23-24H,8-12,14,27H2. The van der Waals surface area contributed by atoms with Crippen LogP contribution in [0, 0.1) is 11.6 Å². The van der Waals surface area contributed by atoms with E-state index in [4.69, 9.17) is 10.5 Å². The maximum absolute atomic E-state index is 14.2. The molecule has 3 atom stereocenters. The van der Waals surface area contributed by atoms with Gasteiger partial charge >= 0.3 is 0 Å². The Morgan fingerprint density at radius 2 is 1.68 bits per heavy atom. The van der Waals surface area contributed by atoms with Gasteiger partial charge in [0.15, 0.2) is 0 Å². The fraction of sp³-hybridized carbons (Fsp3) is 0.375. The Bertz CT molecular complexity index is 1230. The molecular formula is C24H25F2N3O4S. The number of hydrogen-bond donors (Lipinski definition) is 1. The van der Waals surface area contributed by atoms with Gasteiger partial charge in [-0.25, -0.2) is 17.2 Å².